The van der Waals surface area contributed by atoms with Crippen LogP contribution in [0.1, 0.15) is 302 Å². The molecule has 36 nitrogen and oxygen atoms in total. The molecule has 8 unspecified atom stereocenters. The van der Waals surface area contributed by atoms with Crippen LogP contribution in [0.5, 0.6) is 0 Å². The summed E-state index contributed by atoms with van der Waals surface area (Å²) in [6.07, 6.45) is 9.54. The molecule has 16 atom stereocenters. The fourth-order valence-corrected chi connectivity index (χ4v) is 20.2. The molecule has 26 N–H and O–H groups in total. The summed E-state index contributed by atoms with van der Waals surface area (Å²) in [6.45, 7) is 7.38. The number of rotatable bonds is 60. The number of carbonyl (C=O) groups excluding carboxylic acids is 4. The van der Waals surface area contributed by atoms with Crippen molar-refractivity contribution < 1.29 is 573 Å². The number of nitrogens with two attached hydrogens (primary N) is 2. The molecule has 4 aromatic carbocycles. The maximum absolute atomic E-state index is 13.9. The number of aliphatic hydroxyl groups is 15. The van der Waals surface area contributed by atoms with Crippen molar-refractivity contribution in [3.8, 4) is 0 Å². The number of aliphatic hydroxyl groups excluding tert-OH is 15. The molecule has 0 bridgehead atoms. The van der Waals surface area contributed by atoms with Gasteiger partial charge in [0.05, 0.1) is 53.2 Å². The van der Waals surface area contributed by atoms with Crippen LogP contribution in [-0.4, -0.2) is 302 Å². The van der Waals surface area contributed by atoms with Crippen LogP contribution in [-0.2, 0) is 48.4 Å². The first-order chi connectivity index (χ1) is 64.4. The van der Waals surface area contributed by atoms with Crippen LogP contribution < -0.4 is 47.9 Å². The second-order valence-corrected chi connectivity index (χ2v) is 40.2. The number of nitrogens with one attached hydrogen (secondary N) is 5. The number of carboxylic acids is 2. The monoisotopic (exact) mass is 4290 g/mol. The molecule has 0 spiro atoms. The maximum Gasteiger partial charge on any atom is 0.303 e. The summed E-state index contributed by atoms with van der Waals surface area (Å²) in [5, 5.41) is 169. The average Bonchev–Trinajstić information content (AvgIpc) is 1.61. The molecule has 2 aliphatic rings. The number of aliphatic carboxylic acids is 2. The SMILES string of the molecule is C.C.CCCC[C@]1(CC)CS(=O)(=O)c2ccc(N(C)C)cc2[C@@H](c2cccc(N)c2)N1.CCCC[C@]1(CC)CS(=O)(=O)c2ccc(N(C)C)cc2[C@@H](c2cccc(NC(=O)CCCCCCCCCCNC(=O)[C@H](O)[C@@H](O)[C@H](O)[C@H](O)CO)c2)N1.NCCCCCCCCCCC(=O)O.O=C(Cl)C(O)C(O)C(O)C(O)CO.O=C(O)CCCCCCCCCCNC(=O)C(O)C(O)C(O)C(O)CO.[Ac].[Ac].[Ac].[Ac].[Ac].[Ac].[Ac].[Ac].[Ac].[Ac]. The van der Waals surface area contributed by atoms with Gasteiger partial charge < -0.3 is 124 Å². The Morgan fingerprint density at radius 1 is 0.412 bits per heavy atom. The predicted octanol–water partition coefficient (Wildman–Crippen LogP) is 7.83. The Morgan fingerprint density at radius 3 is 1.01 bits per heavy atom. The van der Waals surface area contributed by atoms with Crippen molar-refractivity contribution in [1.82, 2.24) is 21.3 Å². The van der Waals surface area contributed by atoms with E-state index in [1.54, 1.807) is 12.1 Å². The molecule has 0 saturated carbocycles. The molecule has 0 aliphatic carbocycles. The van der Waals surface area contributed by atoms with E-state index in [0.717, 1.165) is 182 Å². The van der Waals surface area contributed by atoms with Gasteiger partial charge in [-0.2, -0.15) is 0 Å². The number of hydrogen-bond donors (Lipinski definition) is 24. The van der Waals surface area contributed by atoms with Crippen molar-refractivity contribution in [1.29, 1.82) is 0 Å². The molecular formula is C99H172Ac10ClN9O27S2. The van der Waals surface area contributed by atoms with Crippen molar-refractivity contribution in [2.75, 3.05) is 100 Å². The summed E-state index contributed by atoms with van der Waals surface area (Å²) in [4.78, 5) is 72.2. The first kappa shape index (κ1) is 177. The van der Waals surface area contributed by atoms with Crippen LogP contribution in [0.3, 0.4) is 0 Å². The molecule has 148 heavy (non-hydrogen) atoms. The Balaban J connectivity index is -0.000000190. The summed E-state index contributed by atoms with van der Waals surface area (Å²) >= 11 is 4.81. The van der Waals surface area contributed by atoms with E-state index in [1.165, 1.54) is 32.1 Å². The van der Waals surface area contributed by atoms with Gasteiger partial charge >= 0.3 is 11.9 Å². The molecule has 2 aliphatic heterocycles. The maximum atomic E-state index is 13.9. The topological polar surface area (TPSA) is 633 Å². The van der Waals surface area contributed by atoms with Gasteiger partial charge in [0.2, 0.25) is 5.91 Å². The molecule has 10 radical (unpaired) electrons. The molecule has 4 aromatic rings. The molecule has 6 rings (SSSR count). The summed E-state index contributed by atoms with van der Waals surface area (Å²) in [5.41, 5.74) is 17.0. The van der Waals surface area contributed by atoms with E-state index in [0.29, 0.717) is 78.3 Å². The zero-order valence-electron chi connectivity index (χ0n) is 86.8. The summed E-state index contributed by atoms with van der Waals surface area (Å²) in [7, 11) is 0.795. The van der Waals surface area contributed by atoms with Crippen molar-refractivity contribution >= 4 is 88.9 Å². The van der Waals surface area contributed by atoms with E-state index in [1.807, 2.05) is 118 Å². The zero-order chi connectivity index (χ0) is 102. The normalized spacial score (nSPS) is 17.5. The minimum absolute atomic E-state index is 0. The Labute approximate surface area is 1240 Å². The van der Waals surface area contributed by atoms with Gasteiger partial charge in [-0.15, -0.1) is 0 Å². The number of anilines is 4. The Kier molecular flexibility index (Phi) is 121. The molecule has 3 amide bonds. The number of nitrogens with zero attached hydrogens (tertiary/aromatic N) is 2. The van der Waals surface area contributed by atoms with E-state index in [9.17, 15) is 86.5 Å². The molecule has 2 heterocycles. The number of fused-ring (bicyclic) bond motifs is 2. The molecule has 824 valence electrons. The van der Waals surface area contributed by atoms with Gasteiger partial charge in [-0.1, -0.05) is 208 Å². The largest absolute Gasteiger partial charge is 0.481 e. The fourth-order valence-electron chi connectivity index (χ4n) is 15.8. The third-order valence-corrected chi connectivity index (χ3v) is 28.6. The van der Waals surface area contributed by atoms with Crippen LogP contribution in [0.15, 0.2) is 94.7 Å². The van der Waals surface area contributed by atoms with Gasteiger partial charge in [0.25, 0.3) is 17.1 Å². The van der Waals surface area contributed by atoms with E-state index in [-0.39, 0.29) is 491 Å². The van der Waals surface area contributed by atoms with Gasteiger partial charge in [0, 0.05) is 535 Å². The van der Waals surface area contributed by atoms with Crippen LogP contribution in [0.4, 0.5) is 22.7 Å². The Morgan fingerprint density at radius 2 is 0.716 bits per heavy atom. The summed E-state index contributed by atoms with van der Waals surface area (Å²) < 4.78 is 54.7. The zero-order valence-corrected chi connectivity index (χ0v) is 137. The molecule has 0 fully saturated rings. The standard InChI is InChI=1S/C40H64N4O9S.C23H33N3O2S.C17H33NO8.C11H23NO2.C6H11ClO6.2CH4.10Ac/c1-5-7-22-40(6-2)27-54(52,53)33-21-20-30(44(3)4)25-31(33)35(43-40)28-17-16-18-29(24-28)42-34(47)19-14-12-10-8-9-11-13-15-23-41-39(51)38(50)37(49)36(48)32(46)26-45;1-5-7-13-23(6-2)16-29(27,28)21-12-11-19(26(3)4)15-20(21)22(25-23)17-9-8-10-18(24)14-17;19-11-12(20)14(23)15(24)16(25)17(26)18-10-8-6-4-2-1-3-5-7-9-13(21)22;12-10-8-6-4-2-1-3-5-7-9-11(13)14;7-6(13)5(12)4(11)3(10)2(9)1-8;;;;;;;;;;;;/h16-18,20-21,24-25,32,35-38,43,45-46,48-50H,5-15,19,22-23,26-27H2,1-4H3,(H,41,51)(H,42,47);8-12,14-15,22,25H,5-7,13,16,24H2,1-4H3;12,14-16,19-20,23-25H,1-11H2,(H,18,26)(H,21,22);1-10,12H2,(H,13,14);2-5,8-12H,1H2;2*1H4;;;;;;;;;;/t32-,35-,36-,37+,38-,40-;22-,23-;;;;;;;;;;;;;;;/m11.............../s1. The second kappa shape index (κ2) is 101. The molecular weight excluding hydrogens is 4120 g/mol. The van der Waals surface area contributed by atoms with Gasteiger partial charge in [0.1, 0.15) is 54.9 Å². The number of carbonyl (C=O) groups is 6. The minimum Gasteiger partial charge on any atom is -0.481 e. The third kappa shape index (κ3) is 70.6. The van der Waals surface area contributed by atoms with Gasteiger partial charge in [-0.05, 0) is 165 Å². The average molecular weight is 4290 g/mol. The Hall–Kier alpha value is 7.19. The van der Waals surface area contributed by atoms with Gasteiger partial charge in [-0.3, -0.25) is 39.4 Å². The number of sulfone groups is 2. The van der Waals surface area contributed by atoms with E-state index in [4.69, 9.17) is 69.0 Å². The first-order valence-electron chi connectivity index (χ1n) is 48.2. The minimum atomic E-state index is -3.58. The van der Waals surface area contributed by atoms with Gasteiger partial charge in [-0.25, -0.2) is 16.8 Å². The van der Waals surface area contributed by atoms with Crippen LogP contribution >= 0.6 is 11.6 Å². The number of carboxylic acid groups (broad SMARTS) is 2. The van der Waals surface area contributed by atoms with Crippen molar-refractivity contribution in [3.63, 3.8) is 0 Å². The van der Waals surface area contributed by atoms with Crippen LogP contribution in [0, 0.1) is 441 Å². The number of hydrogen-bond acceptors (Lipinski definition) is 31. The smallest absolute Gasteiger partial charge is 0.303 e. The number of nitrogen functional groups attached to an aromatic ring is 1. The number of benzene rings is 4. The Bertz CT molecular complexity index is 4370. The summed E-state index contributed by atoms with van der Waals surface area (Å²) in [5.74, 6) is -3.06. The quantitative estimate of drug-likeness (QED) is 0.0114. The van der Waals surface area contributed by atoms with E-state index in [2.05, 4.69) is 47.4 Å². The number of amides is 3. The number of unbranched alkanes of at least 4 members (excludes halogenated alkanes) is 23. The summed E-state index contributed by atoms with van der Waals surface area (Å²) in [6, 6.07) is 26.1. The van der Waals surface area contributed by atoms with Gasteiger partial charge in [0.15, 0.2) is 38.0 Å². The fraction of sp³-hybridized carbons (Fsp3) is 0.697. The van der Waals surface area contributed by atoms with Crippen molar-refractivity contribution in [3.05, 3.63) is 107 Å². The van der Waals surface area contributed by atoms with Crippen molar-refractivity contribution in [2.24, 2.45) is 5.73 Å². The molecule has 49 heteroatoms. The van der Waals surface area contributed by atoms with Crippen LogP contribution in [0.2, 0.25) is 0 Å². The van der Waals surface area contributed by atoms with Crippen LogP contribution in [0.25, 0.3) is 0 Å². The van der Waals surface area contributed by atoms with E-state index >= 15 is 0 Å². The third-order valence-electron chi connectivity index (χ3n) is 24.4. The molecule has 0 aromatic heterocycles. The first-order valence-corrected chi connectivity index (χ1v) is 51.8. The second-order valence-electron chi connectivity index (χ2n) is 36.0. The predicted molar refractivity (Wildman–Crippen MR) is 539 cm³/mol. The van der Waals surface area contributed by atoms with Crippen molar-refractivity contribution in [2.45, 2.75) is 373 Å². The molecule has 0 saturated heterocycles. The van der Waals surface area contributed by atoms with E-state index < -0.39 is 153 Å². The number of halogens is 1.